The van der Waals surface area contributed by atoms with Crippen LogP contribution in [0.25, 0.3) is 54.6 Å². The molecule has 0 amide bonds. The molecular weight excluding hydrogens is 797 g/mol. The van der Waals surface area contributed by atoms with Crippen molar-refractivity contribution >= 4 is 66.4 Å². The Morgan fingerprint density at radius 3 is 1.14 bits per heavy atom. The minimum atomic E-state index is 0.000715. The SMILES string of the molecule is Cc1cccc(N(c2cc(-c3c(C)cccc3C)ccc2C)c2cc(N(c3cccc(C)c3)c3cc(-c4c(C)cccc4C)ccc3C)c3ccc4cc(C(C)(C)C)cc5ccc2c3c54)c1. The van der Waals surface area contributed by atoms with E-state index in [2.05, 4.69) is 250 Å². The fourth-order valence-electron chi connectivity index (χ4n) is 10.6. The quantitative estimate of drug-likeness (QED) is 0.141. The summed E-state index contributed by atoms with van der Waals surface area (Å²) in [6.07, 6.45) is 0. The number of anilines is 6. The van der Waals surface area contributed by atoms with Crippen LogP contribution < -0.4 is 9.80 Å². The van der Waals surface area contributed by atoms with E-state index in [0.717, 1.165) is 34.1 Å². The summed E-state index contributed by atoms with van der Waals surface area (Å²) in [4.78, 5) is 5.09. The van der Waals surface area contributed by atoms with Gasteiger partial charge >= 0.3 is 0 Å². The van der Waals surface area contributed by atoms with E-state index in [-0.39, 0.29) is 5.41 Å². The molecule has 0 N–H and O–H groups in total. The van der Waals surface area contributed by atoms with Crippen molar-refractivity contribution in [3.05, 3.63) is 214 Å². The van der Waals surface area contributed by atoms with Crippen molar-refractivity contribution in [1.29, 1.82) is 0 Å². The molecule has 326 valence electrons. The second-order valence-corrected chi connectivity index (χ2v) is 19.9. The van der Waals surface area contributed by atoms with Gasteiger partial charge in [-0.1, -0.05) is 142 Å². The van der Waals surface area contributed by atoms with Gasteiger partial charge in [0.1, 0.15) is 0 Å². The first-order chi connectivity index (χ1) is 31.7. The first-order valence-electron chi connectivity index (χ1n) is 23.5. The second-order valence-electron chi connectivity index (χ2n) is 19.9. The van der Waals surface area contributed by atoms with Gasteiger partial charge in [0.25, 0.3) is 0 Å². The lowest BCUT2D eigenvalue weighted by atomic mass is 9.83. The predicted octanol–water partition coefficient (Wildman–Crippen LogP) is 18.6. The van der Waals surface area contributed by atoms with E-state index >= 15 is 0 Å². The zero-order valence-corrected chi connectivity index (χ0v) is 40.5. The highest BCUT2D eigenvalue weighted by atomic mass is 15.2. The third-order valence-electron chi connectivity index (χ3n) is 14.0. The van der Waals surface area contributed by atoms with Gasteiger partial charge < -0.3 is 9.80 Å². The Hall–Kier alpha value is -7.16. The Balaban J connectivity index is 1.36. The third-order valence-corrected chi connectivity index (χ3v) is 14.0. The zero-order chi connectivity index (χ0) is 46.2. The van der Waals surface area contributed by atoms with Gasteiger partial charge in [-0.15, -0.1) is 0 Å². The molecule has 2 heteroatoms. The van der Waals surface area contributed by atoms with E-state index in [9.17, 15) is 0 Å². The molecule has 0 radical (unpaired) electrons. The minimum Gasteiger partial charge on any atom is -0.309 e. The monoisotopic (exact) mass is 856 g/mol. The van der Waals surface area contributed by atoms with Crippen molar-refractivity contribution in [2.45, 2.75) is 81.6 Å². The fraction of sp³-hybridized carbons (Fsp3) is 0.188. The molecule has 2 nitrogen and oxygen atoms in total. The molecule has 0 bridgehead atoms. The van der Waals surface area contributed by atoms with E-state index in [0.29, 0.717) is 0 Å². The Kier molecular flexibility index (Phi) is 10.6. The van der Waals surface area contributed by atoms with Crippen molar-refractivity contribution in [3.63, 3.8) is 0 Å². The topological polar surface area (TPSA) is 6.48 Å². The molecule has 0 spiro atoms. The normalized spacial score (nSPS) is 11.9. The van der Waals surface area contributed by atoms with E-state index in [1.54, 1.807) is 0 Å². The van der Waals surface area contributed by atoms with Gasteiger partial charge in [-0.3, -0.25) is 0 Å². The average Bonchev–Trinajstić information content (AvgIpc) is 3.27. The standard InChI is InChI=1S/C64H60N2/c1-39-16-12-22-52(32-39)65(56-36-49(26-24-41(56)3)60-43(5)18-14-19-44(60)6)58-38-59(55-31-29-48-35-51(64(9,10)11)34-47-28-30-54(58)63(55)62(47)48)66(53-23-13-17-40(2)33-53)57-37-50(27-25-42(57)4)61-45(7)20-15-21-46(61)8/h12-38H,1-11H3. The molecular formula is C64H60N2. The lowest BCUT2D eigenvalue weighted by molar-refractivity contribution is 0.591. The van der Waals surface area contributed by atoms with Crippen molar-refractivity contribution in [2.75, 3.05) is 9.80 Å². The average molecular weight is 857 g/mol. The van der Waals surface area contributed by atoms with Crippen molar-refractivity contribution in [1.82, 2.24) is 0 Å². The maximum atomic E-state index is 2.55. The van der Waals surface area contributed by atoms with Crippen molar-refractivity contribution in [3.8, 4) is 22.3 Å². The Morgan fingerprint density at radius 1 is 0.333 bits per heavy atom. The van der Waals surface area contributed by atoms with Crippen LogP contribution >= 0.6 is 0 Å². The van der Waals surface area contributed by atoms with Crippen LogP contribution in [0.3, 0.4) is 0 Å². The summed E-state index contributed by atoms with van der Waals surface area (Å²) in [5.74, 6) is 0. The molecule has 0 aromatic heterocycles. The lowest BCUT2D eigenvalue weighted by Crippen LogP contribution is -2.16. The van der Waals surface area contributed by atoms with Crippen LogP contribution in [0.1, 0.15) is 70.8 Å². The highest BCUT2D eigenvalue weighted by molar-refractivity contribution is 6.29. The summed E-state index contributed by atoms with van der Waals surface area (Å²) in [7, 11) is 0. The first-order valence-corrected chi connectivity index (χ1v) is 23.5. The molecule has 0 unspecified atom stereocenters. The summed E-state index contributed by atoms with van der Waals surface area (Å²) in [5, 5.41) is 7.56. The number of hydrogen-bond acceptors (Lipinski definition) is 2. The second kappa shape index (κ2) is 16.4. The molecule has 0 saturated carbocycles. The van der Waals surface area contributed by atoms with Crippen LogP contribution in [0.2, 0.25) is 0 Å². The molecule has 0 heterocycles. The maximum absolute atomic E-state index is 2.55. The molecule has 10 aromatic rings. The molecule has 66 heavy (non-hydrogen) atoms. The summed E-state index contributed by atoms with van der Waals surface area (Å²) in [6.45, 7) is 24.8. The highest BCUT2D eigenvalue weighted by Crippen LogP contribution is 2.52. The predicted molar refractivity (Wildman–Crippen MR) is 287 cm³/mol. The van der Waals surface area contributed by atoms with Crippen LogP contribution in [0, 0.1) is 55.4 Å². The Bertz CT molecular complexity index is 3250. The van der Waals surface area contributed by atoms with Crippen molar-refractivity contribution in [2.24, 2.45) is 0 Å². The molecule has 0 aliphatic carbocycles. The smallest absolute Gasteiger partial charge is 0.0561 e. The Labute approximate surface area is 392 Å². The van der Waals surface area contributed by atoms with Crippen LogP contribution in [-0.2, 0) is 5.41 Å². The number of rotatable bonds is 8. The van der Waals surface area contributed by atoms with Gasteiger partial charge in [0.2, 0.25) is 0 Å². The highest BCUT2D eigenvalue weighted by Gasteiger charge is 2.27. The van der Waals surface area contributed by atoms with Crippen molar-refractivity contribution < 1.29 is 0 Å². The molecule has 10 rings (SSSR count). The van der Waals surface area contributed by atoms with Crippen LogP contribution in [0.5, 0.6) is 0 Å². The van der Waals surface area contributed by atoms with Gasteiger partial charge in [0.15, 0.2) is 0 Å². The molecule has 0 saturated heterocycles. The van der Waals surface area contributed by atoms with Crippen LogP contribution in [0.15, 0.2) is 164 Å². The summed E-state index contributed by atoms with van der Waals surface area (Å²) < 4.78 is 0. The molecule has 0 atom stereocenters. The van der Waals surface area contributed by atoms with Crippen LogP contribution in [0.4, 0.5) is 34.1 Å². The van der Waals surface area contributed by atoms with Crippen LogP contribution in [-0.4, -0.2) is 0 Å². The summed E-state index contributed by atoms with van der Waals surface area (Å²) in [6, 6.07) is 62.3. The number of benzene rings is 10. The first kappa shape index (κ1) is 42.8. The fourth-order valence-corrected chi connectivity index (χ4v) is 10.6. The van der Waals surface area contributed by atoms with E-state index in [1.807, 2.05) is 0 Å². The molecule has 10 aromatic carbocycles. The largest absolute Gasteiger partial charge is 0.309 e. The van der Waals surface area contributed by atoms with Gasteiger partial charge in [-0.05, 0) is 192 Å². The van der Waals surface area contributed by atoms with Gasteiger partial charge in [-0.25, -0.2) is 0 Å². The van der Waals surface area contributed by atoms with E-state index in [4.69, 9.17) is 0 Å². The Morgan fingerprint density at radius 2 is 0.742 bits per heavy atom. The molecule has 0 fully saturated rings. The third kappa shape index (κ3) is 7.39. The van der Waals surface area contributed by atoms with E-state index in [1.165, 1.54) is 105 Å². The lowest BCUT2D eigenvalue weighted by Gasteiger charge is -2.34. The van der Waals surface area contributed by atoms with E-state index < -0.39 is 0 Å². The zero-order valence-electron chi connectivity index (χ0n) is 40.5. The number of nitrogens with zero attached hydrogens (tertiary/aromatic N) is 2. The van der Waals surface area contributed by atoms with Gasteiger partial charge in [0, 0.05) is 38.9 Å². The summed E-state index contributed by atoms with van der Waals surface area (Å²) in [5.41, 5.74) is 23.2. The number of aryl methyl sites for hydroxylation is 8. The minimum absolute atomic E-state index is 0.000715. The maximum Gasteiger partial charge on any atom is 0.0561 e. The van der Waals surface area contributed by atoms with Gasteiger partial charge in [-0.2, -0.15) is 0 Å². The van der Waals surface area contributed by atoms with Gasteiger partial charge in [0.05, 0.1) is 11.4 Å². The summed E-state index contributed by atoms with van der Waals surface area (Å²) >= 11 is 0. The molecule has 0 aliphatic rings. The number of hydrogen-bond donors (Lipinski definition) is 0. The molecule has 0 aliphatic heterocycles.